The number of rotatable bonds is 5. The summed E-state index contributed by atoms with van der Waals surface area (Å²) in [5, 5.41) is 5.92. The molecule has 2 amide bonds. The third kappa shape index (κ3) is 4.18. The molecule has 0 saturated carbocycles. The zero-order valence-corrected chi connectivity index (χ0v) is 11.2. The van der Waals surface area contributed by atoms with Gasteiger partial charge in [-0.3, -0.25) is 14.9 Å². The summed E-state index contributed by atoms with van der Waals surface area (Å²) in [6.45, 7) is 1.50. The van der Waals surface area contributed by atoms with E-state index in [2.05, 4.69) is 10.6 Å². The van der Waals surface area contributed by atoms with Crippen molar-refractivity contribution in [3.63, 3.8) is 0 Å². The van der Waals surface area contributed by atoms with E-state index < -0.39 is 11.9 Å². The van der Waals surface area contributed by atoms with Crippen molar-refractivity contribution in [2.75, 3.05) is 11.9 Å². The maximum Gasteiger partial charge on any atom is 0.238 e. The molecule has 7 heteroatoms. The second-order valence-corrected chi connectivity index (χ2v) is 4.46. The van der Waals surface area contributed by atoms with Gasteiger partial charge in [0.25, 0.3) is 0 Å². The van der Waals surface area contributed by atoms with E-state index >= 15 is 0 Å². The molecule has 0 bridgehead atoms. The van der Waals surface area contributed by atoms with Gasteiger partial charge in [0.05, 0.1) is 28.3 Å². The lowest BCUT2D eigenvalue weighted by atomic mass is 10.3. The minimum absolute atomic E-state index is 0.0638. The summed E-state index contributed by atoms with van der Waals surface area (Å²) in [6, 6.07) is 4.32. The minimum Gasteiger partial charge on any atom is -0.368 e. The normalized spacial score (nSPS) is 11.9. The van der Waals surface area contributed by atoms with Crippen LogP contribution < -0.4 is 16.4 Å². The van der Waals surface area contributed by atoms with Gasteiger partial charge in [-0.1, -0.05) is 29.3 Å². The molecule has 0 saturated heterocycles. The van der Waals surface area contributed by atoms with Crippen LogP contribution in [0.25, 0.3) is 0 Å². The minimum atomic E-state index is -0.586. The first-order valence-electron chi connectivity index (χ1n) is 5.18. The highest BCUT2D eigenvalue weighted by Gasteiger charge is 2.12. The van der Waals surface area contributed by atoms with Crippen LogP contribution in [0.15, 0.2) is 18.2 Å². The Morgan fingerprint density at radius 1 is 1.33 bits per heavy atom. The molecule has 0 aliphatic rings. The molecular weight excluding hydrogens is 277 g/mol. The van der Waals surface area contributed by atoms with Crippen LogP contribution in [0, 0.1) is 0 Å². The SMILES string of the molecule is CC(NCC(=O)Nc1c(Cl)cccc1Cl)C(N)=O. The number of anilines is 1. The smallest absolute Gasteiger partial charge is 0.238 e. The lowest BCUT2D eigenvalue weighted by Crippen LogP contribution is -2.42. The van der Waals surface area contributed by atoms with Crippen LogP contribution in [0.4, 0.5) is 5.69 Å². The second kappa shape index (κ2) is 6.58. The van der Waals surface area contributed by atoms with Gasteiger partial charge in [-0.15, -0.1) is 0 Å². The van der Waals surface area contributed by atoms with E-state index in [1.54, 1.807) is 25.1 Å². The molecule has 1 aromatic carbocycles. The summed E-state index contributed by atoms with van der Waals surface area (Å²) in [6.07, 6.45) is 0. The van der Waals surface area contributed by atoms with Gasteiger partial charge < -0.3 is 11.1 Å². The van der Waals surface area contributed by atoms with Gasteiger partial charge in [0.2, 0.25) is 11.8 Å². The standard InChI is InChI=1S/C11H13Cl2N3O2/c1-6(11(14)18)15-5-9(17)16-10-7(12)3-2-4-8(10)13/h2-4,6,15H,5H2,1H3,(H2,14,18)(H,16,17). The van der Waals surface area contributed by atoms with Crippen LogP contribution in [-0.4, -0.2) is 24.4 Å². The lowest BCUT2D eigenvalue weighted by Gasteiger charge is -2.12. The number of hydrogen-bond donors (Lipinski definition) is 3. The Labute approximate surface area is 115 Å². The van der Waals surface area contributed by atoms with E-state index in [4.69, 9.17) is 28.9 Å². The molecule has 5 nitrogen and oxygen atoms in total. The third-order valence-electron chi connectivity index (χ3n) is 2.22. The Bertz CT molecular complexity index is 445. The number of carbonyl (C=O) groups is 2. The number of para-hydroxylation sites is 1. The maximum atomic E-state index is 11.6. The van der Waals surface area contributed by atoms with Crippen molar-refractivity contribution in [2.24, 2.45) is 5.73 Å². The fourth-order valence-electron chi connectivity index (χ4n) is 1.15. The van der Waals surface area contributed by atoms with E-state index in [9.17, 15) is 9.59 Å². The summed E-state index contributed by atoms with van der Waals surface area (Å²) in [7, 11) is 0. The molecule has 1 unspecified atom stereocenters. The Hall–Kier alpha value is -1.30. The quantitative estimate of drug-likeness (QED) is 0.766. The Balaban J connectivity index is 2.58. The molecule has 0 radical (unpaired) electrons. The molecule has 1 rings (SSSR count). The van der Waals surface area contributed by atoms with Crippen LogP contribution in [0.5, 0.6) is 0 Å². The molecule has 0 aliphatic carbocycles. The van der Waals surface area contributed by atoms with Gasteiger partial charge >= 0.3 is 0 Å². The zero-order chi connectivity index (χ0) is 13.7. The molecule has 1 aromatic rings. The maximum absolute atomic E-state index is 11.6. The first kappa shape index (κ1) is 14.8. The van der Waals surface area contributed by atoms with Crippen LogP contribution in [0.3, 0.4) is 0 Å². The van der Waals surface area contributed by atoms with Gasteiger partial charge in [-0.05, 0) is 19.1 Å². The molecule has 1 atom stereocenters. The molecule has 18 heavy (non-hydrogen) atoms. The van der Waals surface area contributed by atoms with E-state index in [-0.39, 0.29) is 12.5 Å². The van der Waals surface area contributed by atoms with E-state index in [0.29, 0.717) is 15.7 Å². The Kier molecular flexibility index (Phi) is 5.40. The Morgan fingerprint density at radius 3 is 2.39 bits per heavy atom. The number of carbonyl (C=O) groups excluding carboxylic acids is 2. The van der Waals surface area contributed by atoms with Crippen LogP contribution >= 0.6 is 23.2 Å². The molecule has 0 spiro atoms. The van der Waals surface area contributed by atoms with Gasteiger partial charge in [0, 0.05) is 0 Å². The average Bonchev–Trinajstić information content (AvgIpc) is 2.30. The van der Waals surface area contributed by atoms with Crippen LogP contribution in [0.1, 0.15) is 6.92 Å². The lowest BCUT2D eigenvalue weighted by molar-refractivity contribution is -0.120. The van der Waals surface area contributed by atoms with E-state index in [1.165, 1.54) is 0 Å². The summed E-state index contributed by atoms with van der Waals surface area (Å²) >= 11 is 11.8. The van der Waals surface area contributed by atoms with Crippen molar-refractivity contribution in [2.45, 2.75) is 13.0 Å². The number of amides is 2. The predicted molar refractivity (Wildman–Crippen MR) is 71.8 cm³/mol. The predicted octanol–water partition coefficient (Wildman–Crippen LogP) is 1.40. The topological polar surface area (TPSA) is 84.2 Å². The molecule has 0 fully saturated rings. The van der Waals surface area contributed by atoms with Gasteiger partial charge in [-0.2, -0.15) is 0 Å². The van der Waals surface area contributed by atoms with Crippen molar-refractivity contribution >= 4 is 40.7 Å². The molecule has 0 aromatic heterocycles. The number of benzene rings is 1. The highest BCUT2D eigenvalue weighted by atomic mass is 35.5. The number of nitrogens with two attached hydrogens (primary N) is 1. The molecular formula is C11H13Cl2N3O2. The number of hydrogen-bond acceptors (Lipinski definition) is 3. The highest BCUT2D eigenvalue weighted by molar-refractivity contribution is 6.39. The third-order valence-corrected chi connectivity index (χ3v) is 2.85. The van der Waals surface area contributed by atoms with Crippen molar-refractivity contribution in [1.29, 1.82) is 0 Å². The summed E-state index contributed by atoms with van der Waals surface area (Å²) < 4.78 is 0. The van der Waals surface area contributed by atoms with Crippen molar-refractivity contribution in [3.05, 3.63) is 28.2 Å². The Morgan fingerprint density at radius 2 is 1.89 bits per heavy atom. The first-order chi connectivity index (χ1) is 8.41. The van der Waals surface area contributed by atoms with Gasteiger partial charge in [0.15, 0.2) is 0 Å². The number of primary amides is 1. The summed E-state index contributed by atoms with van der Waals surface area (Å²) in [5.74, 6) is -0.892. The number of nitrogens with one attached hydrogen (secondary N) is 2. The fourth-order valence-corrected chi connectivity index (χ4v) is 1.64. The number of halogens is 2. The summed E-state index contributed by atoms with van der Waals surface area (Å²) in [4.78, 5) is 22.4. The summed E-state index contributed by atoms with van der Waals surface area (Å²) in [5.41, 5.74) is 5.39. The van der Waals surface area contributed by atoms with E-state index in [0.717, 1.165) is 0 Å². The molecule has 0 aliphatic heterocycles. The van der Waals surface area contributed by atoms with Gasteiger partial charge in [0.1, 0.15) is 0 Å². The monoisotopic (exact) mass is 289 g/mol. The van der Waals surface area contributed by atoms with Crippen LogP contribution in [0.2, 0.25) is 10.0 Å². The van der Waals surface area contributed by atoms with Gasteiger partial charge in [-0.25, -0.2) is 0 Å². The molecule has 98 valence electrons. The highest BCUT2D eigenvalue weighted by Crippen LogP contribution is 2.29. The first-order valence-corrected chi connectivity index (χ1v) is 5.94. The van der Waals surface area contributed by atoms with Crippen molar-refractivity contribution in [1.82, 2.24) is 5.32 Å². The van der Waals surface area contributed by atoms with Crippen LogP contribution in [-0.2, 0) is 9.59 Å². The van der Waals surface area contributed by atoms with Crippen molar-refractivity contribution < 1.29 is 9.59 Å². The van der Waals surface area contributed by atoms with E-state index in [1.807, 2.05) is 0 Å². The average molecular weight is 290 g/mol. The fraction of sp³-hybridized carbons (Fsp3) is 0.273. The zero-order valence-electron chi connectivity index (χ0n) is 9.67. The second-order valence-electron chi connectivity index (χ2n) is 3.65. The molecule has 0 heterocycles. The molecule has 4 N–H and O–H groups in total. The van der Waals surface area contributed by atoms with Crippen molar-refractivity contribution in [3.8, 4) is 0 Å². The largest absolute Gasteiger partial charge is 0.368 e.